The molecule has 2 aliphatic rings. The van der Waals surface area contributed by atoms with Gasteiger partial charge in [-0.3, -0.25) is 19.7 Å². The zero-order valence-electron chi connectivity index (χ0n) is 12.5. The van der Waals surface area contributed by atoms with Gasteiger partial charge in [0.1, 0.15) is 0 Å². The van der Waals surface area contributed by atoms with Crippen LogP contribution in [0, 0.1) is 17.8 Å². The second-order valence-corrected chi connectivity index (χ2v) is 5.99. The van der Waals surface area contributed by atoms with Crippen molar-refractivity contribution in [1.29, 1.82) is 0 Å². The Morgan fingerprint density at radius 3 is 2.41 bits per heavy atom. The van der Waals surface area contributed by atoms with Crippen molar-refractivity contribution in [2.45, 2.75) is 19.9 Å². The Hall–Kier alpha value is -2.43. The molecule has 0 radical (unpaired) electrons. The second kappa shape index (κ2) is 5.40. The number of rotatable bonds is 2. The summed E-state index contributed by atoms with van der Waals surface area (Å²) in [7, 11) is 0. The third-order valence-corrected chi connectivity index (χ3v) is 4.50. The molecule has 5 heteroatoms. The van der Waals surface area contributed by atoms with E-state index >= 15 is 0 Å². The van der Waals surface area contributed by atoms with E-state index in [9.17, 15) is 14.4 Å². The topological polar surface area (TPSA) is 75.3 Å². The van der Waals surface area contributed by atoms with Gasteiger partial charge >= 0.3 is 0 Å². The van der Waals surface area contributed by atoms with Crippen molar-refractivity contribution in [2.75, 3.05) is 0 Å². The third kappa shape index (κ3) is 2.32. The molecule has 1 aromatic carbocycles. The van der Waals surface area contributed by atoms with E-state index in [0.29, 0.717) is 5.56 Å². The lowest BCUT2D eigenvalue weighted by Crippen LogP contribution is -2.48. The lowest BCUT2D eigenvalue weighted by Gasteiger charge is -2.34. The van der Waals surface area contributed by atoms with E-state index in [4.69, 9.17) is 0 Å². The molecule has 3 rings (SSSR count). The minimum Gasteiger partial charge on any atom is -0.345 e. The molecule has 4 unspecified atom stereocenters. The van der Waals surface area contributed by atoms with E-state index in [1.54, 1.807) is 24.3 Å². The van der Waals surface area contributed by atoms with E-state index < -0.39 is 17.9 Å². The van der Waals surface area contributed by atoms with Crippen LogP contribution >= 0.6 is 0 Å². The first-order valence-electron chi connectivity index (χ1n) is 7.38. The second-order valence-electron chi connectivity index (χ2n) is 5.99. The summed E-state index contributed by atoms with van der Waals surface area (Å²) in [6.07, 6.45) is 1.97. The van der Waals surface area contributed by atoms with Crippen LogP contribution < -0.4 is 10.6 Å². The van der Waals surface area contributed by atoms with Crippen molar-refractivity contribution in [2.24, 2.45) is 17.8 Å². The number of carbonyl (C=O) groups is 3. The summed E-state index contributed by atoms with van der Waals surface area (Å²) in [5.74, 6) is -1.73. The van der Waals surface area contributed by atoms with Crippen LogP contribution in [0.4, 0.5) is 0 Å². The number of allylic oxidation sites excluding steroid dienone is 1. The molecule has 1 saturated heterocycles. The highest BCUT2D eigenvalue weighted by molar-refractivity contribution is 6.06. The van der Waals surface area contributed by atoms with Crippen LogP contribution in [-0.2, 0) is 9.59 Å². The summed E-state index contributed by atoms with van der Waals surface area (Å²) in [4.78, 5) is 36.5. The number of hydrogen-bond donors (Lipinski definition) is 2. The van der Waals surface area contributed by atoms with Crippen molar-refractivity contribution in [1.82, 2.24) is 10.6 Å². The Kier molecular flexibility index (Phi) is 3.56. The molecule has 5 nitrogen and oxygen atoms in total. The quantitative estimate of drug-likeness (QED) is 0.638. The van der Waals surface area contributed by atoms with Crippen LogP contribution in [0.3, 0.4) is 0 Å². The van der Waals surface area contributed by atoms with Gasteiger partial charge in [0.25, 0.3) is 5.91 Å². The highest BCUT2D eigenvalue weighted by atomic mass is 16.2. The molecule has 1 aliphatic carbocycles. The predicted octanol–water partition coefficient (Wildman–Crippen LogP) is 1.27. The molecule has 0 bridgehead atoms. The van der Waals surface area contributed by atoms with Crippen molar-refractivity contribution in [3.05, 3.63) is 47.5 Å². The summed E-state index contributed by atoms with van der Waals surface area (Å²) in [5.41, 5.74) is 1.46. The Morgan fingerprint density at radius 1 is 1.09 bits per heavy atom. The molecule has 3 amide bonds. The van der Waals surface area contributed by atoms with Gasteiger partial charge in [-0.1, -0.05) is 36.8 Å². The average Bonchev–Trinajstić information content (AvgIpc) is 2.79. The van der Waals surface area contributed by atoms with Gasteiger partial charge in [-0.15, -0.1) is 0 Å². The average molecular weight is 298 g/mol. The standard InChI is InChI=1S/C17H18N2O3/c1-9-8-10(2)14(13-12(9)16(21)19-17(13)22)18-15(20)11-6-4-3-5-7-11/h3-9,12-14H,1-2H3,(H,18,20)(H,19,21,22). The number of imide groups is 1. The molecule has 0 spiro atoms. The SMILES string of the molecule is CC1=CC(C)C2C(=O)NC(=O)C2C1NC(=O)c1ccccc1. The number of nitrogens with one attached hydrogen (secondary N) is 2. The largest absolute Gasteiger partial charge is 0.345 e. The molecule has 4 atom stereocenters. The van der Waals surface area contributed by atoms with Gasteiger partial charge in [0, 0.05) is 5.56 Å². The Labute approximate surface area is 128 Å². The number of benzene rings is 1. The summed E-state index contributed by atoms with van der Waals surface area (Å²) >= 11 is 0. The summed E-state index contributed by atoms with van der Waals surface area (Å²) in [6.45, 7) is 3.81. The number of fused-ring (bicyclic) bond motifs is 1. The zero-order chi connectivity index (χ0) is 15.9. The van der Waals surface area contributed by atoms with Crippen LogP contribution in [0.1, 0.15) is 24.2 Å². The number of hydrogen-bond acceptors (Lipinski definition) is 3. The smallest absolute Gasteiger partial charge is 0.251 e. The first-order chi connectivity index (χ1) is 10.5. The van der Waals surface area contributed by atoms with Gasteiger partial charge in [-0.05, 0) is 25.0 Å². The molecule has 1 heterocycles. The Morgan fingerprint density at radius 2 is 1.73 bits per heavy atom. The van der Waals surface area contributed by atoms with Crippen LogP contribution in [0.5, 0.6) is 0 Å². The maximum Gasteiger partial charge on any atom is 0.251 e. The first kappa shape index (κ1) is 14.5. The fourth-order valence-corrected chi connectivity index (χ4v) is 3.46. The predicted molar refractivity (Wildman–Crippen MR) is 80.7 cm³/mol. The highest BCUT2D eigenvalue weighted by Crippen LogP contribution is 2.37. The normalized spacial score (nSPS) is 30.4. The van der Waals surface area contributed by atoms with Gasteiger partial charge in [0.2, 0.25) is 11.8 Å². The van der Waals surface area contributed by atoms with Crippen LogP contribution in [0.15, 0.2) is 42.0 Å². The molecule has 1 fully saturated rings. The Bertz CT molecular complexity index is 666. The number of carbonyl (C=O) groups excluding carboxylic acids is 3. The van der Waals surface area contributed by atoms with Crippen molar-refractivity contribution >= 4 is 17.7 Å². The van der Waals surface area contributed by atoms with E-state index in [0.717, 1.165) is 5.57 Å². The summed E-state index contributed by atoms with van der Waals surface area (Å²) < 4.78 is 0. The zero-order valence-corrected chi connectivity index (χ0v) is 12.5. The van der Waals surface area contributed by atoms with E-state index in [1.165, 1.54) is 0 Å². The van der Waals surface area contributed by atoms with Crippen molar-refractivity contribution in [3.8, 4) is 0 Å². The van der Waals surface area contributed by atoms with Crippen LogP contribution in [0.25, 0.3) is 0 Å². The lowest BCUT2D eigenvalue weighted by molar-refractivity contribution is -0.126. The maximum atomic E-state index is 12.4. The van der Waals surface area contributed by atoms with Crippen LogP contribution in [0.2, 0.25) is 0 Å². The fourth-order valence-electron chi connectivity index (χ4n) is 3.46. The van der Waals surface area contributed by atoms with E-state index in [2.05, 4.69) is 10.6 Å². The van der Waals surface area contributed by atoms with Crippen molar-refractivity contribution in [3.63, 3.8) is 0 Å². The van der Waals surface area contributed by atoms with Gasteiger partial charge in [-0.25, -0.2) is 0 Å². The van der Waals surface area contributed by atoms with Crippen LogP contribution in [-0.4, -0.2) is 23.8 Å². The molecular formula is C17H18N2O3. The van der Waals surface area contributed by atoms with E-state index in [-0.39, 0.29) is 23.6 Å². The fraction of sp³-hybridized carbons (Fsp3) is 0.353. The molecular weight excluding hydrogens is 280 g/mol. The maximum absolute atomic E-state index is 12.4. The summed E-state index contributed by atoms with van der Waals surface area (Å²) in [5, 5.41) is 5.30. The summed E-state index contributed by atoms with van der Waals surface area (Å²) in [6, 6.07) is 8.41. The molecule has 0 aromatic heterocycles. The van der Waals surface area contributed by atoms with Gasteiger partial charge in [0.15, 0.2) is 0 Å². The lowest BCUT2D eigenvalue weighted by atomic mass is 9.72. The van der Waals surface area contributed by atoms with Gasteiger partial charge in [0.05, 0.1) is 17.9 Å². The minimum absolute atomic E-state index is 0.0127. The number of amides is 3. The molecule has 22 heavy (non-hydrogen) atoms. The minimum atomic E-state index is -0.528. The Balaban J connectivity index is 1.89. The highest BCUT2D eigenvalue weighted by Gasteiger charge is 2.51. The molecule has 114 valence electrons. The van der Waals surface area contributed by atoms with Gasteiger partial charge in [-0.2, -0.15) is 0 Å². The van der Waals surface area contributed by atoms with Gasteiger partial charge < -0.3 is 5.32 Å². The first-order valence-corrected chi connectivity index (χ1v) is 7.38. The molecule has 0 saturated carbocycles. The van der Waals surface area contributed by atoms with Crippen molar-refractivity contribution < 1.29 is 14.4 Å². The van der Waals surface area contributed by atoms with E-state index in [1.807, 2.05) is 26.0 Å². The molecule has 2 N–H and O–H groups in total. The molecule has 1 aromatic rings. The molecule has 1 aliphatic heterocycles. The monoisotopic (exact) mass is 298 g/mol. The third-order valence-electron chi connectivity index (χ3n) is 4.50.